The van der Waals surface area contributed by atoms with Gasteiger partial charge in [0.05, 0.1) is 12.7 Å². The molecule has 0 aliphatic carbocycles. The number of rotatable bonds is 8. The lowest BCUT2D eigenvalue weighted by Crippen LogP contribution is -2.59. The Labute approximate surface area is 128 Å². The van der Waals surface area contributed by atoms with Crippen molar-refractivity contribution in [1.82, 2.24) is 5.32 Å². The molecule has 0 saturated carbocycles. The predicted octanol–water partition coefficient (Wildman–Crippen LogP) is 1.10. The predicted molar refractivity (Wildman–Crippen MR) is 75.1 cm³/mol. The lowest BCUT2D eigenvalue weighted by atomic mass is 9.81. The van der Waals surface area contributed by atoms with Crippen molar-refractivity contribution in [2.24, 2.45) is 0 Å². The zero-order valence-corrected chi connectivity index (χ0v) is 13.2. The van der Waals surface area contributed by atoms with Gasteiger partial charge in [-0.3, -0.25) is 0 Å². The highest BCUT2D eigenvalue weighted by molar-refractivity contribution is 4.97. The topological polar surface area (TPSA) is 126 Å². The van der Waals surface area contributed by atoms with Crippen LogP contribution in [0, 0.1) is 20.2 Å². The summed E-state index contributed by atoms with van der Waals surface area (Å²) in [6.45, 7) is 7.49. The molecule has 1 aliphatic rings. The van der Waals surface area contributed by atoms with Crippen LogP contribution in [0.3, 0.4) is 0 Å². The van der Waals surface area contributed by atoms with Crippen molar-refractivity contribution in [2.75, 3.05) is 13.2 Å². The van der Waals surface area contributed by atoms with E-state index in [1.807, 2.05) is 27.7 Å². The first-order valence-corrected chi connectivity index (χ1v) is 6.98. The van der Waals surface area contributed by atoms with Crippen molar-refractivity contribution in [2.45, 2.75) is 63.8 Å². The van der Waals surface area contributed by atoms with Gasteiger partial charge < -0.3 is 19.7 Å². The highest BCUT2D eigenvalue weighted by Gasteiger charge is 2.38. The van der Waals surface area contributed by atoms with Gasteiger partial charge in [0.1, 0.15) is 6.61 Å². The molecule has 0 amide bonds. The fourth-order valence-corrected chi connectivity index (χ4v) is 2.96. The number of hydrogen-bond acceptors (Lipinski definition) is 8. The van der Waals surface area contributed by atoms with Crippen molar-refractivity contribution in [1.29, 1.82) is 0 Å². The number of hydrogen-bond donors (Lipinski definition) is 1. The second kappa shape index (κ2) is 7.05. The van der Waals surface area contributed by atoms with Gasteiger partial charge in [-0.25, -0.2) is 0 Å². The third kappa shape index (κ3) is 6.85. The Morgan fingerprint density at radius 2 is 1.64 bits per heavy atom. The maximum Gasteiger partial charge on any atom is 0.294 e. The first kappa shape index (κ1) is 18.4. The summed E-state index contributed by atoms with van der Waals surface area (Å²) in [6, 6.07) is 0. The molecule has 22 heavy (non-hydrogen) atoms. The molecule has 1 fully saturated rings. The average Bonchev–Trinajstić information content (AvgIpc) is 2.28. The van der Waals surface area contributed by atoms with E-state index in [2.05, 4.69) is 15.0 Å². The van der Waals surface area contributed by atoms with Gasteiger partial charge in [-0.15, -0.1) is 20.2 Å². The molecule has 1 unspecified atom stereocenters. The van der Waals surface area contributed by atoms with Gasteiger partial charge >= 0.3 is 0 Å². The van der Waals surface area contributed by atoms with Gasteiger partial charge in [0.2, 0.25) is 0 Å². The molecule has 1 N–H and O–H groups in total. The minimum Gasteiger partial charge on any atom is -0.376 e. The fraction of sp³-hybridized carbons (Fsp3) is 1.00. The second-order valence-electron chi connectivity index (χ2n) is 6.73. The third-order valence-electron chi connectivity index (χ3n) is 3.27. The Bertz CT molecular complexity index is 398. The van der Waals surface area contributed by atoms with Crippen molar-refractivity contribution < 1.29 is 24.6 Å². The maximum absolute atomic E-state index is 10.4. The van der Waals surface area contributed by atoms with Crippen LogP contribution in [-0.4, -0.2) is 46.7 Å². The van der Waals surface area contributed by atoms with Gasteiger partial charge in [0.15, 0.2) is 6.10 Å². The Kier molecular flexibility index (Phi) is 5.89. The number of piperidine rings is 1. The van der Waals surface area contributed by atoms with E-state index in [0.29, 0.717) is 0 Å². The summed E-state index contributed by atoms with van der Waals surface area (Å²) >= 11 is 0. The third-order valence-corrected chi connectivity index (χ3v) is 3.27. The zero-order valence-electron chi connectivity index (χ0n) is 13.2. The molecular formula is C12H23N3O7. The van der Waals surface area contributed by atoms with Crippen LogP contribution in [0.1, 0.15) is 40.5 Å². The summed E-state index contributed by atoms with van der Waals surface area (Å²) in [6.07, 6.45) is 0.177. The van der Waals surface area contributed by atoms with E-state index >= 15 is 0 Å². The van der Waals surface area contributed by atoms with Crippen LogP contribution in [0.4, 0.5) is 0 Å². The second-order valence-corrected chi connectivity index (χ2v) is 6.73. The minimum absolute atomic E-state index is 0.125. The maximum atomic E-state index is 10.4. The molecular weight excluding hydrogens is 298 g/mol. The van der Waals surface area contributed by atoms with Gasteiger partial charge in [-0.05, 0) is 40.5 Å². The van der Waals surface area contributed by atoms with Gasteiger partial charge in [0, 0.05) is 11.1 Å². The SMILES string of the molecule is CC1(C)CC(OCC(CO[N+](=O)[O-])O[N+](=O)[O-])CC(C)(C)N1. The Balaban J connectivity index is 2.55. The largest absolute Gasteiger partial charge is 0.376 e. The quantitative estimate of drug-likeness (QED) is 0.520. The summed E-state index contributed by atoms with van der Waals surface area (Å²) in [7, 11) is 0. The van der Waals surface area contributed by atoms with Crippen LogP contribution < -0.4 is 5.32 Å². The normalized spacial score (nSPS) is 21.8. The molecule has 0 aromatic carbocycles. The van der Waals surface area contributed by atoms with E-state index in [-0.39, 0.29) is 23.8 Å². The van der Waals surface area contributed by atoms with Crippen LogP contribution in [-0.2, 0) is 14.4 Å². The molecule has 0 aromatic rings. The van der Waals surface area contributed by atoms with E-state index in [0.717, 1.165) is 12.8 Å². The molecule has 1 saturated heterocycles. The molecule has 10 heteroatoms. The monoisotopic (exact) mass is 321 g/mol. The zero-order chi connectivity index (χ0) is 17.0. The standard InChI is InChI=1S/C12H23N3O7/c1-11(2)5-9(6-12(3,4)13-11)20-7-10(22-15(18)19)8-21-14(16)17/h9-10,13H,5-8H2,1-4H3. The van der Waals surface area contributed by atoms with Gasteiger partial charge in [-0.1, -0.05) is 0 Å². The minimum atomic E-state index is -1.14. The number of ether oxygens (including phenoxy) is 1. The molecule has 0 aromatic heterocycles. The summed E-state index contributed by atoms with van der Waals surface area (Å²) in [5, 5.41) is 22.0. The van der Waals surface area contributed by atoms with Crippen LogP contribution >= 0.6 is 0 Å². The van der Waals surface area contributed by atoms with E-state index in [9.17, 15) is 20.2 Å². The average molecular weight is 321 g/mol. The van der Waals surface area contributed by atoms with Gasteiger partial charge in [-0.2, -0.15) is 0 Å². The van der Waals surface area contributed by atoms with Crippen molar-refractivity contribution in [3.05, 3.63) is 20.2 Å². The first-order chi connectivity index (χ1) is 9.99. The molecule has 0 spiro atoms. The molecule has 0 bridgehead atoms. The van der Waals surface area contributed by atoms with Crippen LogP contribution in [0.15, 0.2) is 0 Å². The molecule has 128 valence electrons. The molecule has 1 heterocycles. The summed E-state index contributed by atoms with van der Waals surface area (Å²) in [5.41, 5.74) is -0.271. The van der Waals surface area contributed by atoms with E-state index in [4.69, 9.17) is 4.74 Å². The molecule has 0 radical (unpaired) electrons. The van der Waals surface area contributed by atoms with Crippen LogP contribution in [0.5, 0.6) is 0 Å². The lowest BCUT2D eigenvalue weighted by molar-refractivity contribution is -0.790. The molecule has 1 rings (SSSR count). The molecule has 1 atom stereocenters. The summed E-state index contributed by atoms with van der Waals surface area (Å²) < 4.78 is 5.68. The fourth-order valence-electron chi connectivity index (χ4n) is 2.96. The van der Waals surface area contributed by atoms with E-state index in [1.165, 1.54) is 0 Å². The number of nitrogens with one attached hydrogen (secondary N) is 1. The van der Waals surface area contributed by atoms with E-state index < -0.39 is 22.9 Å². The Morgan fingerprint density at radius 3 is 2.09 bits per heavy atom. The van der Waals surface area contributed by atoms with Crippen molar-refractivity contribution in [3.63, 3.8) is 0 Å². The first-order valence-electron chi connectivity index (χ1n) is 6.98. The van der Waals surface area contributed by atoms with Gasteiger partial charge in [0.25, 0.3) is 10.2 Å². The molecule has 1 aliphatic heterocycles. The highest BCUT2D eigenvalue weighted by atomic mass is 17.0. The van der Waals surface area contributed by atoms with E-state index in [1.54, 1.807) is 0 Å². The Morgan fingerprint density at radius 1 is 1.09 bits per heavy atom. The molecule has 10 nitrogen and oxygen atoms in total. The summed E-state index contributed by atoms with van der Waals surface area (Å²) in [5.74, 6) is 0. The highest BCUT2D eigenvalue weighted by Crippen LogP contribution is 2.30. The lowest BCUT2D eigenvalue weighted by Gasteiger charge is -2.46. The van der Waals surface area contributed by atoms with Crippen molar-refractivity contribution in [3.8, 4) is 0 Å². The number of nitrogens with zero attached hydrogens (tertiary/aromatic N) is 2. The Hall–Kier alpha value is -1.68. The van der Waals surface area contributed by atoms with Crippen LogP contribution in [0.25, 0.3) is 0 Å². The summed E-state index contributed by atoms with van der Waals surface area (Å²) in [4.78, 5) is 29.1. The van der Waals surface area contributed by atoms with Crippen molar-refractivity contribution >= 4 is 0 Å². The smallest absolute Gasteiger partial charge is 0.294 e. The van der Waals surface area contributed by atoms with Crippen LogP contribution in [0.2, 0.25) is 0 Å².